The minimum Gasteiger partial charge on any atom is -0.383 e. The summed E-state index contributed by atoms with van der Waals surface area (Å²) in [5.74, 6) is 0.142. The zero-order chi connectivity index (χ0) is 24.5. The summed E-state index contributed by atoms with van der Waals surface area (Å²) in [5.41, 5.74) is 3.74. The van der Waals surface area contributed by atoms with Gasteiger partial charge >= 0.3 is 0 Å². The number of hydrogen-bond donors (Lipinski definition) is 0. The van der Waals surface area contributed by atoms with E-state index in [0.717, 1.165) is 23.1 Å². The molecule has 3 aromatic rings. The summed E-state index contributed by atoms with van der Waals surface area (Å²) in [7, 11) is -1.91. The van der Waals surface area contributed by atoms with Crippen LogP contribution in [0, 0.1) is 19.8 Å². The maximum atomic E-state index is 13.0. The number of rotatable bonds is 6. The fourth-order valence-electron chi connectivity index (χ4n) is 4.10. The van der Waals surface area contributed by atoms with Crippen molar-refractivity contribution in [2.45, 2.75) is 45.1 Å². The van der Waals surface area contributed by atoms with Gasteiger partial charge in [-0.3, -0.25) is 4.79 Å². The van der Waals surface area contributed by atoms with Gasteiger partial charge in [-0.05, 0) is 80.1 Å². The lowest BCUT2D eigenvalue weighted by Gasteiger charge is -2.29. The van der Waals surface area contributed by atoms with Gasteiger partial charge in [-0.2, -0.15) is 9.30 Å². The second-order valence-corrected chi connectivity index (χ2v) is 11.9. The molecule has 0 bridgehead atoms. The first-order valence-electron chi connectivity index (χ1n) is 11.5. The first-order chi connectivity index (χ1) is 16.2. The summed E-state index contributed by atoms with van der Waals surface area (Å²) in [6.45, 7) is 8.42. The van der Waals surface area contributed by atoms with Gasteiger partial charge in [0.1, 0.15) is 0 Å². The fraction of sp³-hybridized carbons (Fsp3) is 0.440. The van der Waals surface area contributed by atoms with Gasteiger partial charge in [0, 0.05) is 32.3 Å². The second kappa shape index (κ2) is 10.1. The Morgan fingerprint density at radius 3 is 2.41 bits per heavy atom. The third-order valence-electron chi connectivity index (χ3n) is 6.50. The van der Waals surface area contributed by atoms with Gasteiger partial charge in [0.05, 0.1) is 21.7 Å². The average molecular weight is 502 g/mol. The number of carbonyl (C=O) groups is 1. The Hall–Kier alpha value is -2.33. The van der Waals surface area contributed by atoms with Crippen molar-refractivity contribution in [3.8, 4) is 0 Å². The average Bonchev–Trinajstić information content (AvgIpc) is 3.13. The molecule has 182 valence electrons. The Morgan fingerprint density at radius 1 is 1.12 bits per heavy atom. The monoisotopic (exact) mass is 501 g/mol. The van der Waals surface area contributed by atoms with Gasteiger partial charge in [0.25, 0.3) is 5.91 Å². The number of nitrogens with zero attached hydrogens (tertiary/aromatic N) is 3. The number of aromatic nitrogens is 1. The Labute approximate surface area is 204 Å². The Kier molecular flexibility index (Phi) is 7.37. The molecule has 7 nitrogen and oxygen atoms in total. The molecule has 0 atom stereocenters. The summed E-state index contributed by atoms with van der Waals surface area (Å²) in [5, 5.41) is 0. The highest BCUT2D eigenvalue weighted by Gasteiger charge is 2.28. The molecule has 1 amide bonds. The van der Waals surface area contributed by atoms with Crippen molar-refractivity contribution >= 4 is 37.5 Å². The van der Waals surface area contributed by atoms with E-state index in [0.29, 0.717) is 42.5 Å². The van der Waals surface area contributed by atoms with E-state index in [2.05, 4.69) is 37.9 Å². The molecule has 9 heteroatoms. The van der Waals surface area contributed by atoms with Crippen LogP contribution in [0.4, 0.5) is 0 Å². The standard InChI is InChI=1S/C25H31N3O4S2/c1-17-9-11-27(12-10-17)34(30,31)21-7-5-20(6-8-21)24(29)26-25-28(13-14-32-4)22-15-18(2)19(3)16-23(22)33-25/h5-8,15-17H,9-14H2,1-4H3. The maximum absolute atomic E-state index is 13.0. The summed E-state index contributed by atoms with van der Waals surface area (Å²) in [6.07, 6.45) is 1.73. The maximum Gasteiger partial charge on any atom is 0.279 e. The second-order valence-electron chi connectivity index (χ2n) is 8.96. The van der Waals surface area contributed by atoms with Crippen LogP contribution in [-0.2, 0) is 21.3 Å². The number of sulfonamides is 1. The molecular weight excluding hydrogens is 470 g/mol. The van der Waals surface area contributed by atoms with Crippen molar-refractivity contribution in [1.82, 2.24) is 8.87 Å². The SMILES string of the molecule is COCCn1c(=NC(=O)c2ccc(S(=O)(=O)N3CCC(C)CC3)cc2)sc2cc(C)c(C)cc21. The molecule has 1 aromatic heterocycles. The van der Waals surface area contributed by atoms with Gasteiger partial charge in [0.15, 0.2) is 4.80 Å². The Morgan fingerprint density at radius 2 is 1.76 bits per heavy atom. The summed E-state index contributed by atoms with van der Waals surface area (Å²) >= 11 is 1.46. The van der Waals surface area contributed by atoms with Crippen LogP contribution in [0.1, 0.15) is 41.3 Å². The smallest absolute Gasteiger partial charge is 0.279 e. The highest BCUT2D eigenvalue weighted by atomic mass is 32.2. The molecule has 4 rings (SSSR count). The third-order valence-corrected chi connectivity index (χ3v) is 9.45. The molecule has 2 heterocycles. The molecule has 0 unspecified atom stereocenters. The summed E-state index contributed by atoms with van der Waals surface area (Å²) in [4.78, 5) is 18.2. The number of aryl methyl sites for hydroxylation is 2. The fourth-order valence-corrected chi connectivity index (χ4v) is 6.70. The number of hydrogen-bond acceptors (Lipinski definition) is 5. The largest absolute Gasteiger partial charge is 0.383 e. The number of ether oxygens (including phenoxy) is 1. The molecule has 34 heavy (non-hydrogen) atoms. The van der Waals surface area contributed by atoms with Gasteiger partial charge in [0.2, 0.25) is 10.0 Å². The quantitative estimate of drug-likeness (QED) is 0.509. The van der Waals surface area contributed by atoms with Crippen molar-refractivity contribution < 1.29 is 17.9 Å². The Bertz CT molecular complexity index is 1360. The molecule has 0 saturated carbocycles. The summed E-state index contributed by atoms with van der Waals surface area (Å²) < 4.78 is 35.8. The van der Waals surface area contributed by atoms with Crippen molar-refractivity contribution in [3.63, 3.8) is 0 Å². The van der Waals surface area contributed by atoms with Crippen molar-refractivity contribution in [1.29, 1.82) is 0 Å². The zero-order valence-electron chi connectivity index (χ0n) is 20.1. The number of fused-ring (bicyclic) bond motifs is 1. The lowest BCUT2D eigenvalue weighted by molar-refractivity contribution is 0.0997. The van der Waals surface area contributed by atoms with Gasteiger partial charge in [-0.15, -0.1) is 0 Å². The van der Waals surface area contributed by atoms with Crippen LogP contribution in [0.15, 0.2) is 46.3 Å². The molecule has 1 fully saturated rings. The molecule has 1 aliphatic rings. The topological polar surface area (TPSA) is 81.0 Å². The molecule has 0 aliphatic carbocycles. The predicted octanol–water partition coefficient (Wildman–Crippen LogP) is 4.13. The molecule has 0 spiro atoms. The van der Waals surface area contributed by atoms with E-state index in [9.17, 15) is 13.2 Å². The molecule has 0 N–H and O–H groups in total. The summed E-state index contributed by atoms with van der Waals surface area (Å²) in [6, 6.07) is 10.3. The molecule has 0 radical (unpaired) electrons. The number of benzene rings is 2. The Balaban J connectivity index is 1.64. The van der Waals surface area contributed by atoms with Crippen molar-refractivity contribution in [3.05, 3.63) is 57.9 Å². The highest BCUT2D eigenvalue weighted by Crippen LogP contribution is 2.24. The number of thiazole rings is 1. The molecular formula is C25H31N3O4S2. The van der Waals surface area contributed by atoms with Crippen molar-refractivity contribution in [2.24, 2.45) is 10.9 Å². The van der Waals surface area contributed by atoms with Crippen LogP contribution in [0.5, 0.6) is 0 Å². The van der Waals surface area contributed by atoms with Crippen LogP contribution in [0.2, 0.25) is 0 Å². The molecule has 1 aliphatic heterocycles. The van der Waals surface area contributed by atoms with Gasteiger partial charge in [-0.1, -0.05) is 18.3 Å². The van der Waals surface area contributed by atoms with Crippen molar-refractivity contribution in [2.75, 3.05) is 26.8 Å². The van der Waals surface area contributed by atoms with Crippen LogP contribution in [-0.4, -0.2) is 50.0 Å². The zero-order valence-corrected chi connectivity index (χ0v) is 21.7. The molecule has 2 aromatic carbocycles. The number of methoxy groups -OCH3 is 1. The van der Waals surface area contributed by atoms with E-state index in [1.54, 1.807) is 19.2 Å². The molecule has 1 saturated heterocycles. The third kappa shape index (κ3) is 5.02. The van der Waals surface area contributed by atoms with Gasteiger partial charge < -0.3 is 9.30 Å². The van der Waals surface area contributed by atoms with Gasteiger partial charge in [-0.25, -0.2) is 8.42 Å². The minimum atomic E-state index is -3.55. The minimum absolute atomic E-state index is 0.210. The first kappa shape index (κ1) is 24.8. The predicted molar refractivity (Wildman–Crippen MR) is 135 cm³/mol. The number of amides is 1. The lowest BCUT2D eigenvalue weighted by Crippen LogP contribution is -2.37. The van der Waals surface area contributed by atoms with E-state index in [4.69, 9.17) is 4.74 Å². The van der Waals surface area contributed by atoms with E-state index in [1.165, 1.54) is 38.9 Å². The van der Waals surface area contributed by atoms with E-state index in [1.807, 2.05) is 4.57 Å². The number of carbonyl (C=O) groups excluding carboxylic acids is 1. The van der Waals surface area contributed by atoms with Crippen LogP contribution in [0.25, 0.3) is 10.2 Å². The first-order valence-corrected chi connectivity index (χ1v) is 13.7. The van der Waals surface area contributed by atoms with E-state index >= 15 is 0 Å². The van der Waals surface area contributed by atoms with Crippen LogP contribution >= 0.6 is 11.3 Å². The number of piperidine rings is 1. The van der Waals surface area contributed by atoms with Crippen LogP contribution < -0.4 is 4.80 Å². The normalized spacial score (nSPS) is 16.4. The van der Waals surface area contributed by atoms with Crippen LogP contribution in [0.3, 0.4) is 0 Å². The lowest BCUT2D eigenvalue weighted by atomic mass is 10.0. The highest BCUT2D eigenvalue weighted by molar-refractivity contribution is 7.89. The van der Waals surface area contributed by atoms with E-state index < -0.39 is 15.9 Å². The van der Waals surface area contributed by atoms with E-state index in [-0.39, 0.29) is 4.90 Å².